The highest BCUT2D eigenvalue weighted by atomic mass is 32.1. The zero-order chi connectivity index (χ0) is 28.1. The number of carboxylic acids is 1. The number of nitrogens with zero attached hydrogens (tertiary/aromatic N) is 2. The second-order valence-corrected chi connectivity index (χ2v) is 10.4. The van der Waals surface area contributed by atoms with Crippen LogP contribution in [0, 0.1) is 12.3 Å². The first-order valence-electron chi connectivity index (χ1n) is 11.1. The third kappa shape index (κ3) is 8.13. The van der Waals surface area contributed by atoms with Crippen LogP contribution in [0.4, 0.5) is 18.9 Å². The van der Waals surface area contributed by atoms with Gasteiger partial charge in [-0.1, -0.05) is 32.9 Å². The van der Waals surface area contributed by atoms with Crippen molar-refractivity contribution in [2.24, 2.45) is 11.1 Å². The van der Waals surface area contributed by atoms with Gasteiger partial charge in [0.25, 0.3) is 5.91 Å². The lowest BCUT2D eigenvalue weighted by molar-refractivity contribution is -0.192. The molecule has 1 aromatic heterocycles. The molecule has 6 N–H and O–H groups in total. The molecule has 0 aliphatic carbocycles. The van der Waals surface area contributed by atoms with E-state index in [1.165, 1.54) is 4.90 Å². The maximum atomic E-state index is 12.8. The van der Waals surface area contributed by atoms with Crippen LogP contribution in [0.15, 0.2) is 29.8 Å². The van der Waals surface area contributed by atoms with Gasteiger partial charge in [-0.15, -0.1) is 11.3 Å². The van der Waals surface area contributed by atoms with E-state index in [-0.39, 0.29) is 24.8 Å². The van der Waals surface area contributed by atoms with Crippen molar-refractivity contribution in [3.05, 3.63) is 35.5 Å². The third-order valence-electron chi connectivity index (χ3n) is 5.53. The number of aryl methyl sites for hydroxylation is 1. The van der Waals surface area contributed by atoms with Crippen LogP contribution in [0.1, 0.15) is 32.9 Å². The first-order valence-corrected chi connectivity index (χ1v) is 12.0. The molecule has 1 saturated heterocycles. The lowest BCUT2D eigenvalue weighted by Gasteiger charge is -2.32. The summed E-state index contributed by atoms with van der Waals surface area (Å²) in [6.07, 6.45) is -5.65. The number of rotatable bonds is 5. The van der Waals surface area contributed by atoms with Crippen LogP contribution >= 0.6 is 11.3 Å². The minimum absolute atomic E-state index is 0.101. The summed E-state index contributed by atoms with van der Waals surface area (Å²) in [5.41, 5.74) is 15.7. The first kappa shape index (κ1) is 30.0. The first-order chi connectivity index (χ1) is 17.0. The number of hydrazine groups is 1. The van der Waals surface area contributed by atoms with Crippen molar-refractivity contribution in [1.82, 2.24) is 15.3 Å². The van der Waals surface area contributed by atoms with E-state index in [2.05, 4.69) is 15.8 Å². The molecule has 2 amide bonds. The van der Waals surface area contributed by atoms with Gasteiger partial charge in [0.15, 0.2) is 0 Å². The number of aliphatic hydroxyl groups is 1. The fraction of sp³-hybridized carbons (Fsp3) is 0.478. The Hall–Kier alpha value is -3.23. The van der Waals surface area contributed by atoms with E-state index in [0.717, 1.165) is 16.1 Å². The molecule has 1 unspecified atom stereocenters. The van der Waals surface area contributed by atoms with Gasteiger partial charge in [0.1, 0.15) is 6.04 Å². The van der Waals surface area contributed by atoms with E-state index in [4.69, 9.17) is 15.6 Å². The van der Waals surface area contributed by atoms with Gasteiger partial charge in [0.05, 0.1) is 33.9 Å². The summed E-state index contributed by atoms with van der Waals surface area (Å²) in [6.45, 7) is 7.68. The number of carbonyl (C=O) groups is 3. The molecular weight excluding hydrogens is 515 g/mol. The van der Waals surface area contributed by atoms with E-state index < -0.39 is 35.7 Å². The average molecular weight is 546 g/mol. The predicted octanol–water partition coefficient (Wildman–Crippen LogP) is 2.53. The molecule has 0 saturated carbocycles. The molecule has 14 heteroatoms. The predicted molar refractivity (Wildman–Crippen MR) is 131 cm³/mol. The summed E-state index contributed by atoms with van der Waals surface area (Å²) in [4.78, 5) is 41.2. The van der Waals surface area contributed by atoms with Crippen LogP contribution in [0.2, 0.25) is 0 Å². The molecule has 1 fully saturated rings. The van der Waals surface area contributed by atoms with Crippen molar-refractivity contribution in [1.29, 1.82) is 0 Å². The fourth-order valence-corrected chi connectivity index (χ4v) is 4.17. The number of anilines is 1. The van der Waals surface area contributed by atoms with Crippen molar-refractivity contribution >= 4 is 34.8 Å². The van der Waals surface area contributed by atoms with Gasteiger partial charge in [-0.25, -0.2) is 9.78 Å². The molecule has 1 aromatic carbocycles. The molecule has 0 bridgehead atoms. The van der Waals surface area contributed by atoms with Crippen LogP contribution in [-0.2, 0) is 14.4 Å². The molecule has 1 aliphatic heterocycles. The van der Waals surface area contributed by atoms with Gasteiger partial charge in [0.2, 0.25) is 5.91 Å². The Morgan fingerprint density at radius 3 is 2.22 bits per heavy atom. The fourth-order valence-electron chi connectivity index (χ4n) is 3.36. The quantitative estimate of drug-likeness (QED) is 0.359. The number of carbonyl (C=O) groups excluding carboxylic acids is 2. The normalized spacial score (nSPS) is 18.5. The Morgan fingerprint density at radius 1 is 1.19 bits per heavy atom. The highest BCUT2D eigenvalue weighted by Gasteiger charge is 2.42. The number of hydrogen-bond acceptors (Lipinski definition) is 8. The van der Waals surface area contributed by atoms with Crippen LogP contribution in [-0.4, -0.2) is 68.8 Å². The molecule has 10 nitrogen and oxygen atoms in total. The number of benzene rings is 1. The molecule has 2 aromatic rings. The number of nitrogens with one attached hydrogen (secondary N) is 2. The number of likely N-dealkylation sites (tertiary alicyclic amines) is 1. The second kappa shape index (κ2) is 11.9. The van der Waals surface area contributed by atoms with Crippen LogP contribution in [0.5, 0.6) is 0 Å². The Balaban J connectivity index is 0.000000604. The maximum Gasteiger partial charge on any atom is 0.490 e. The van der Waals surface area contributed by atoms with Gasteiger partial charge in [-0.05, 0) is 30.0 Å². The largest absolute Gasteiger partial charge is 0.490 e. The number of aliphatic carboxylic acids is 1. The Labute approximate surface area is 215 Å². The summed E-state index contributed by atoms with van der Waals surface area (Å²) in [7, 11) is 0. The zero-order valence-corrected chi connectivity index (χ0v) is 21.5. The Morgan fingerprint density at radius 2 is 1.76 bits per heavy atom. The second-order valence-electron chi connectivity index (χ2n) is 9.50. The van der Waals surface area contributed by atoms with E-state index in [0.29, 0.717) is 5.69 Å². The number of alkyl halides is 3. The number of aromatic nitrogens is 1. The molecule has 3 rings (SSSR count). The number of hydrogen-bond donors (Lipinski definition) is 5. The molecule has 0 radical (unpaired) electrons. The lowest BCUT2D eigenvalue weighted by Crippen LogP contribution is -2.55. The van der Waals surface area contributed by atoms with E-state index in [1.807, 2.05) is 57.5 Å². The van der Waals surface area contributed by atoms with Crippen molar-refractivity contribution in [3.63, 3.8) is 0 Å². The molecule has 2 heterocycles. The molecular formula is C23H30F3N5O5S. The van der Waals surface area contributed by atoms with Gasteiger partial charge in [-0.3, -0.25) is 20.4 Å². The van der Waals surface area contributed by atoms with Crippen molar-refractivity contribution in [2.45, 2.75) is 58.5 Å². The van der Waals surface area contributed by atoms with Gasteiger partial charge in [0, 0.05) is 13.0 Å². The molecule has 204 valence electrons. The molecule has 37 heavy (non-hydrogen) atoms. The van der Waals surface area contributed by atoms with Crippen molar-refractivity contribution in [2.75, 3.05) is 12.0 Å². The summed E-state index contributed by atoms with van der Waals surface area (Å²) in [6, 6.07) is 6.09. The number of amides is 2. The highest BCUT2D eigenvalue weighted by Crippen LogP contribution is 2.28. The SMILES string of the molecule is Cc1ncsc1-c1ccc(NNC(=O)[C@@H]2C[C@@H](O)CN2C(=O)C(N)C(C)(C)C)cc1.O=C(O)C(F)(F)F. The number of thiazole rings is 1. The van der Waals surface area contributed by atoms with Crippen LogP contribution in [0.3, 0.4) is 0 Å². The Bertz CT molecular complexity index is 1100. The summed E-state index contributed by atoms with van der Waals surface area (Å²) < 4.78 is 31.7. The lowest BCUT2D eigenvalue weighted by atomic mass is 9.86. The standard InChI is InChI=1S/C21H29N5O3S.C2HF3O2/c1-12-17(30-11-23-12)13-5-7-14(8-6-13)24-25-19(28)16-9-15(27)10-26(16)20(29)18(22)21(2,3)4;3-2(4,5)1(6)7/h5-8,11,15-16,18,24,27H,9-10,22H2,1-4H3,(H,25,28);(H,6,7)/t15-,16+,18?;/m1./s1. The van der Waals surface area contributed by atoms with E-state index >= 15 is 0 Å². The molecule has 1 aliphatic rings. The Kier molecular flexibility index (Phi) is 9.63. The minimum atomic E-state index is -5.08. The van der Waals surface area contributed by atoms with E-state index in [1.54, 1.807) is 11.3 Å². The van der Waals surface area contributed by atoms with Crippen molar-refractivity contribution in [3.8, 4) is 10.4 Å². The number of nitrogens with two attached hydrogens (primary N) is 1. The smallest absolute Gasteiger partial charge is 0.475 e. The van der Waals surface area contributed by atoms with Gasteiger partial charge in [-0.2, -0.15) is 13.2 Å². The number of halogens is 3. The highest BCUT2D eigenvalue weighted by molar-refractivity contribution is 7.13. The summed E-state index contributed by atoms with van der Waals surface area (Å²) >= 11 is 1.58. The van der Waals surface area contributed by atoms with Crippen LogP contribution in [0.25, 0.3) is 10.4 Å². The monoisotopic (exact) mass is 545 g/mol. The van der Waals surface area contributed by atoms with Gasteiger partial charge >= 0.3 is 12.1 Å². The van der Waals surface area contributed by atoms with Crippen LogP contribution < -0.4 is 16.6 Å². The van der Waals surface area contributed by atoms with E-state index in [9.17, 15) is 27.9 Å². The summed E-state index contributed by atoms with van der Waals surface area (Å²) in [5, 5.41) is 17.2. The molecule has 3 atom stereocenters. The third-order valence-corrected chi connectivity index (χ3v) is 6.51. The number of β-amino-alcohol motifs (C(OH)–C–C–N with tert-alkyl or cyclic N) is 1. The topological polar surface area (TPSA) is 158 Å². The zero-order valence-electron chi connectivity index (χ0n) is 20.7. The number of carboxylic acid groups (broad SMARTS) is 1. The van der Waals surface area contributed by atoms with Gasteiger partial charge < -0.3 is 20.8 Å². The maximum absolute atomic E-state index is 12.8. The summed E-state index contributed by atoms with van der Waals surface area (Å²) in [5.74, 6) is -3.47. The number of aliphatic hydroxyl groups excluding tert-OH is 1. The average Bonchev–Trinajstić information content (AvgIpc) is 3.41. The molecule has 0 spiro atoms. The van der Waals surface area contributed by atoms with Crippen molar-refractivity contribution < 1.29 is 37.8 Å². The minimum Gasteiger partial charge on any atom is -0.475 e.